The quantitative estimate of drug-likeness (QED) is 0.609. The lowest BCUT2D eigenvalue weighted by Gasteiger charge is -2.19. The number of rotatable bonds is 6. The Morgan fingerprint density at radius 2 is 2.26 bits per heavy atom. The summed E-state index contributed by atoms with van der Waals surface area (Å²) >= 11 is 0. The van der Waals surface area contributed by atoms with Crippen molar-refractivity contribution in [1.82, 2.24) is 10.3 Å². The van der Waals surface area contributed by atoms with E-state index in [2.05, 4.69) is 36.4 Å². The molecule has 6 heteroatoms. The van der Waals surface area contributed by atoms with Gasteiger partial charge in [0.2, 0.25) is 0 Å². The van der Waals surface area contributed by atoms with Crippen LogP contribution in [0.15, 0.2) is 36.5 Å². The van der Waals surface area contributed by atoms with Crippen LogP contribution in [0.3, 0.4) is 0 Å². The van der Waals surface area contributed by atoms with Crippen LogP contribution in [0.4, 0.5) is 5.69 Å². The largest absolute Gasteiger partial charge is 0.366 e. The summed E-state index contributed by atoms with van der Waals surface area (Å²) in [4.78, 5) is 14.1. The van der Waals surface area contributed by atoms with Gasteiger partial charge in [0, 0.05) is 12.7 Å². The van der Waals surface area contributed by atoms with Gasteiger partial charge in [-0.25, -0.2) is 0 Å². The van der Waals surface area contributed by atoms with Crippen molar-refractivity contribution in [2.24, 2.45) is 5.41 Å². The molecule has 0 unspecified atom stereocenters. The van der Waals surface area contributed by atoms with Crippen LogP contribution in [0.1, 0.15) is 27.2 Å². The molecule has 0 aromatic carbocycles. The molecular formula is C13H20N4O2. The Kier molecular flexibility index (Phi) is 5.29. The van der Waals surface area contributed by atoms with Gasteiger partial charge in [0.1, 0.15) is 0 Å². The highest BCUT2D eigenvalue weighted by Gasteiger charge is 2.10. The SMILES string of the molecule is CC(C)(C)CCN/C(=C\[N+](=O)[O-])Nc1cccnc1. The number of aromatic nitrogens is 1. The number of hydrogen-bond acceptors (Lipinski definition) is 5. The molecule has 1 aromatic heterocycles. The van der Waals surface area contributed by atoms with E-state index in [-0.39, 0.29) is 5.41 Å². The molecule has 0 aliphatic heterocycles. The van der Waals surface area contributed by atoms with Crippen LogP contribution >= 0.6 is 0 Å². The molecule has 0 fully saturated rings. The third kappa shape index (κ3) is 7.03. The van der Waals surface area contributed by atoms with Crippen LogP contribution in [-0.2, 0) is 0 Å². The van der Waals surface area contributed by atoms with Gasteiger partial charge >= 0.3 is 0 Å². The first-order chi connectivity index (χ1) is 8.87. The van der Waals surface area contributed by atoms with Crippen LogP contribution in [0.5, 0.6) is 0 Å². The van der Waals surface area contributed by atoms with Crippen molar-refractivity contribution in [3.8, 4) is 0 Å². The molecule has 0 spiro atoms. The van der Waals surface area contributed by atoms with E-state index in [9.17, 15) is 10.1 Å². The fourth-order valence-corrected chi connectivity index (χ4v) is 1.39. The second kappa shape index (κ2) is 6.72. The van der Waals surface area contributed by atoms with Gasteiger partial charge < -0.3 is 10.6 Å². The predicted octanol–water partition coefficient (Wildman–Crippen LogP) is 2.59. The Hall–Kier alpha value is -2.11. The Balaban J connectivity index is 2.61. The number of nitrogens with one attached hydrogen (secondary N) is 2. The summed E-state index contributed by atoms with van der Waals surface area (Å²) in [7, 11) is 0. The van der Waals surface area contributed by atoms with Crippen molar-refractivity contribution in [1.29, 1.82) is 0 Å². The minimum atomic E-state index is -0.483. The van der Waals surface area contributed by atoms with Gasteiger partial charge in [-0.3, -0.25) is 15.1 Å². The smallest absolute Gasteiger partial charge is 0.274 e. The van der Waals surface area contributed by atoms with Crippen LogP contribution in [0.2, 0.25) is 0 Å². The van der Waals surface area contributed by atoms with Crippen LogP contribution in [-0.4, -0.2) is 16.5 Å². The van der Waals surface area contributed by atoms with Crippen molar-refractivity contribution >= 4 is 5.69 Å². The monoisotopic (exact) mass is 264 g/mol. The number of nitro groups is 1. The number of pyridine rings is 1. The molecule has 1 heterocycles. The van der Waals surface area contributed by atoms with Crippen molar-refractivity contribution in [3.05, 3.63) is 46.7 Å². The average molecular weight is 264 g/mol. The zero-order valence-electron chi connectivity index (χ0n) is 11.5. The highest BCUT2D eigenvalue weighted by molar-refractivity contribution is 5.44. The van der Waals surface area contributed by atoms with E-state index in [1.165, 1.54) is 0 Å². The summed E-state index contributed by atoms with van der Waals surface area (Å²) in [6.07, 6.45) is 5.10. The van der Waals surface area contributed by atoms with Gasteiger partial charge in [0.05, 0.1) is 16.8 Å². The van der Waals surface area contributed by atoms with Crippen molar-refractivity contribution in [3.63, 3.8) is 0 Å². The first-order valence-electron chi connectivity index (χ1n) is 6.13. The zero-order valence-corrected chi connectivity index (χ0v) is 11.5. The second-order valence-electron chi connectivity index (χ2n) is 5.43. The molecule has 0 saturated heterocycles. The van der Waals surface area contributed by atoms with Crippen LogP contribution in [0, 0.1) is 15.5 Å². The maximum atomic E-state index is 10.6. The van der Waals surface area contributed by atoms with E-state index in [1.54, 1.807) is 24.5 Å². The summed E-state index contributed by atoms with van der Waals surface area (Å²) in [5, 5.41) is 16.6. The van der Waals surface area contributed by atoms with E-state index >= 15 is 0 Å². The molecule has 19 heavy (non-hydrogen) atoms. The molecule has 0 saturated carbocycles. The van der Waals surface area contributed by atoms with Gasteiger partial charge in [-0.1, -0.05) is 20.8 Å². The molecule has 6 nitrogen and oxygen atoms in total. The molecule has 0 aliphatic rings. The Morgan fingerprint density at radius 3 is 2.79 bits per heavy atom. The fourth-order valence-electron chi connectivity index (χ4n) is 1.39. The highest BCUT2D eigenvalue weighted by atomic mass is 16.6. The average Bonchev–Trinajstić information content (AvgIpc) is 2.27. The summed E-state index contributed by atoms with van der Waals surface area (Å²) in [5.41, 5.74) is 0.889. The molecule has 2 N–H and O–H groups in total. The molecule has 0 atom stereocenters. The Labute approximate surface area is 113 Å². The van der Waals surface area contributed by atoms with Gasteiger partial charge in [-0.15, -0.1) is 0 Å². The standard InChI is InChI=1S/C13H20N4O2/c1-13(2,3)6-8-15-12(10-17(18)19)16-11-5-4-7-14-9-11/h4-5,7,9-10,15-16H,6,8H2,1-3H3/b12-10+. The van der Waals surface area contributed by atoms with Gasteiger partial charge in [0.25, 0.3) is 6.20 Å². The molecule has 0 radical (unpaired) electrons. The summed E-state index contributed by atoms with van der Waals surface area (Å²) in [6.45, 7) is 7.04. The Morgan fingerprint density at radius 1 is 1.53 bits per heavy atom. The first kappa shape index (κ1) is 14.9. The number of hydrogen-bond donors (Lipinski definition) is 2. The van der Waals surface area contributed by atoms with E-state index in [0.717, 1.165) is 12.6 Å². The molecular weight excluding hydrogens is 244 g/mol. The van der Waals surface area contributed by atoms with Gasteiger partial charge in [0.15, 0.2) is 5.82 Å². The lowest BCUT2D eigenvalue weighted by Crippen LogP contribution is -2.25. The normalized spacial score (nSPS) is 12.1. The van der Waals surface area contributed by atoms with E-state index in [0.29, 0.717) is 18.1 Å². The minimum Gasteiger partial charge on any atom is -0.366 e. The first-order valence-corrected chi connectivity index (χ1v) is 6.13. The topological polar surface area (TPSA) is 80.1 Å². The third-order valence-corrected chi connectivity index (χ3v) is 2.37. The fraction of sp³-hybridized carbons (Fsp3) is 0.462. The molecule has 104 valence electrons. The lowest BCUT2D eigenvalue weighted by molar-refractivity contribution is -0.403. The molecule has 0 amide bonds. The van der Waals surface area contributed by atoms with Crippen molar-refractivity contribution in [2.75, 3.05) is 11.9 Å². The summed E-state index contributed by atoms with van der Waals surface area (Å²) in [5.74, 6) is 0.363. The molecule has 1 aromatic rings. The van der Waals surface area contributed by atoms with Crippen molar-refractivity contribution < 1.29 is 4.92 Å². The minimum absolute atomic E-state index is 0.182. The second-order valence-corrected chi connectivity index (χ2v) is 5.43. The highest BCUT2D eigenvalue weighted by Crippen LogP contribution is 2.17. The van der Waals surface area contributed by atoms with Crippen molar-refractivity contribution in [2.45, 2.75) is 27.2 Å². The molecule has 1 rings (SSSR count). The number of anilines is 1. The van der Waals surface area contributed by atoms with E-state index in [4.69, 9.17) is 0 Å². The molecule has 0 aliphatic carbocycles. The summed E-state index contributed by atoms with van der Waals surface area (Å²) in [6, 6.07) is 3.56. The predicted molar refractivity (Wildman–Crippen MR) is 75.0 cm³/mol. The van der Waals surface area contributed by atoms with Gasteiger partial charge in [-0.2, -0.15) is 0 Å². The van der Waals surface area contributed by atoms with Gasteiger partial charge in [-0.05, 0) is 24.0 Å². The lowest BCUT2D eigenvalue weighted by atomic mass is 9.92. The number of nitrogens with zero attached hydrogens (tertiary/aromatic N) is 2. The van der Waals surface area contributed by atoms with E-state index < -0.39 is 4.92 Å². The maximum absolute atomic E-state index is 10.6. The third-order valence-electron chi connectivity index (χ3n) is 2.37. The van der Waals surface area contributed by atoms with Crippen LogP contribution in [0.25, 0.3) is 0 Å². The molecule has 0 bridgehead atoms. The maximum Gasteiger partial charge on any atom is 0.274 e. The van der Waals surface area contributed by atoms with E-state index in [1.807, 2.05) is 0 Å². The van der Waals surface area contributed by atoms with Crippen LogP contribution < -0.4 is 10.6 Å². The Bertz CT molecular complexity index is 438. The zero-order chi connectivity index (χ0) is 14.3. The summed E-state index contributed by atoms with van der Waals surface area (Å²) < 4.78 is 0.